The molecular formula is C35H38N4O5. The number of nitrogens with one attached hydrogen (secondary N) is 3. The summed E-state index contributed by atoms with van der Waals surface area (Å²) in [4.78, 5) is 43.7. The van der Waals surface area contributed by atoms with Crippen molar-refractivity contribution in [1.82, 2.24) is 10.6 Å². The molecule has 0 fully saturated rings. The Morgan fingerprint density at radius 3 is 2.70 bits per heavy atom. The highest BCUT2D eigenvalue weighted by atomic mass is 16.5. The fraction of sp³-hybridized carbons (Fsp3) is 0.343. The molecule has 6 rings (SSSR count). The first-order valence-corrected chi connectivity index (χ1v) is 15.3. The second-order valence-electron chi connectivity index (χ2n) is 11.4. The fourth-order valence-electron chi connectivity index (χ4n) is 6.28. The number of benzene rings is 3. The van der Waals surface area contributed by atoms with Gasteiger partial charge in [-0.2, -0.15) is 0 Å². The third-order valence-electron chi connectivity index (χ3n) is 8.57. The maximum absolute atomic E-state index is 14.8. The summed E-state index contributed by atoms with van der Waals surface area (Å²) in [7, 11) is 1.62. The Kier molecular flexibility index (Phi) is 8.81. The number of hydrogen-bond donors (Lipinski definition) is 3. The highest BCUT2D eigenvalue weighted by Crippen LogP contribution is 2.36. The third-order valence-corrected chi connectivity index (χ3v) is 8.57. The average Bonchev–Trinajstić information content (AvgIpc) is 3.27. The summed E-state index contributed by atoms with van der Waals surface area (Å²) in [5.41, 5.74) is 3.82. The van der Waals surface area contributed by atoms with E-state index >= 15 is 0 Å². The van der Waals surface area contributed by atoms with Crippen molar-refractivity contribution in [2.24, 2.45) is 5.92 Å². The molecule has 9 nitrogen and oxygen atoms in total. The molecule has 2 atom stereocenters. The van der Waals surface area contributed by atoms with E-state index < -0.39 is 6.04 Å². The van der Waals surface area contributed by atoms with Crippen LogP contribution in [0.3, 0.4) is 0 Å². The van der Waals surface area contributed by atoms with Crippen molar-refractivity contribution in [3.8, 4) is 11.5 Å². The summed E-state index contributed by atoms with van der Waals surface area (Å²) < 4.78 is 11.2. The first kappa shape index (κ1) is 29.3. The van der Waals surface area contributed by atoms with E-state index in [0.29, 0.717) is 55.2 Å². The molecule has 2 aliphatic heterocycles. The van der Waals surface area contributed by atoms with E-state index in [1.54, 1.807) is 30.2 Å². The molecule has 228 valence electrons. The van der Waals surface area contributed by atoms with E-state index in [9.17, 15) is 14.4 Å². The Bertz CT molecular complexity index is 1570. The Labute approximate surface area is 257 Å². The van der Waals surface area contributed by atoms with Gasteiger partial charge >= 0.3 is 0 Å². The summed E-state index contributed by atoms with van der Waals surface area (Å²) in [6, 6.07) is 17.7. The molecular weight excluding hydrogens is 556 g/mol. The van der Waals surface area contributed by atoms with Crippen molar-refractivity contribution >= 4 is 29.1 Å². The Morgan fingerprint density at radius 1 is 1.07 bits per heavy atom. The third kappa shape index (κ3) is 6.13. The van der Waals surface area contributed by atoms with Gasteiger partial charge in [0.15, 0.2) is 0 Å². The Balaban J connectivity index is 1.42. The summed E-state index contributed by atoms with van der Waals surface area (Å²) in [5.74, 6) is 0.648. The van der Waals surface area contributed by atoms with Crippen LogP contribution in [0.2, 0.25) is 0 Å². The zero-order valence-electron chi connectivity index (χ0n) is 24.9. The van der Waals surface area contributed by atoms with Crippen LogP contribution in [0, 0.1) is 5.92 Å². The van der Waals surface area contributed by atoms with Crippen LogP contribution in [0.15, 0.2) is 72.8 Å². The first-order valence-electron chi connectivity index (χ1n) is 15.3. The quantitative estimate of drug-likeness (QED) is 0.322. The topological polar surface area (TPSA) is 109 Å². The van der Waals surface area contributed by atoms with Gasteiger partial charge in [0.25, 0.3) is 11.8 Å². The normalized spacial score (nSPS) is 17.8. The maximum Gasteiger partial charge on any atom is 0.261 e. The van der Waals surface area contributed by atoms with Crippen LogP contribution >= 0.6 is 0 Å². The van der Waals surface area contributed by atoms with Crippen LogP contribution in [0.5, 0.6) is 11.5 Å². The molecule has 0 spiro atoms. The van der Waals surface area contributed by atoms with E-state index in [1.165, 1.54) is 0 Å². The van der Waals surface area contributed by atoms with E-state index in [2.05, 4.69) is 28.1 Å². The SMILES string of the molecule is COc1ccc(CNC(=O)C(C2CC=CCC2)N(C(=O)c2cccc3c2NCCNC3=O)c2ccc3c(c2)CCCO3)cc1. The molecule has 2 unspecified atom stereocenters. The monoisotopic (exact) mass is 594 g/mol. The minimum absolute atomic E-state index is 0.106. The number of nitrogens with zero attached hydrogens (tertiary/aromatic N) is 1. The molecule has 3 aliphatic rings. The number of para-hydroxylation sites is 1. The van der Waals surface area contributed by atoms with Gasteiger partial charge in [-0.1, -0.05) is 30.4 Å². The highest BCUT2D eigenvalue weighted by molar-refractivity contribution is 6.15. The molecule has 0 bridgehead atoms. The van der Waals surface area contributed by atoms with E-state index in [1.807, 2.05) is 42.5 Å². The number of rotatable bonds is 8. The fourth-order valence-corrected chi connectivity index (χ4v) is 6.28. The summed E-state index contributed by atoms with van der Waals surface area (Å²) in [6.45, 7) is 1.90. The number of carbonyl (C=O) groups is 3. The number of hydrogen-bond acceptors (Lipinski definition) is 6. The molecule has 3 aromatic rings. The van der Waals surface area contributed by atoms with Crippen LogP contribution in [0.1, 0.15) is 57.5 Å². The van der Waals surface area contributed by atoms with Crippen molar-refractivity contribution in [2.75, 3.05) is 37.0 Å². The van der Waals surface area contributed by atoms with Crippen LogP contribution in [-0.2, 0) is 17.8 Å². The van der Waals surface area contributed by atoms with Gasteiger partial charge in [-0.3, -0.25) is 19.3 Å². The molecule has 3 aromatic carbocycles. The number of anilines is 2. The number of amides is 3. The van der Waals surface area contributed by atoms with Gasteiger partial charge in [0.2, 0.25) is 5.91 Å². The molecule has 44 heavy (non-hydrogen) atoms. The molecule has 0 radical (unpaired) electrons. The minimum Gasteiger partial charge on any atom is -0.497 e. The average molecular weight is 595 g/mol. The van der Waals surface area contributed by atoms with Gasteiger partial charge in [-0.05, 0) is 91.6 Å². The molecule has 3 N–H and O–H groups in total. The Hall–Kier alpha value is -4.79. The number of fused-ring (bicyclic) bond motifs is 2. The number of allylic oxidation sites excluding steroid dienone is 2. The van der Waals surface area contributed by atoms with E-state index in [4.69, 9.17) is 9.47 Å². The molecule has 1 aliphatic carbocycles. The molecule has 3 amide bonds. The lowest BCUT2D eigenvalue weighted by Crippen LogP contribution is -2.54. The van der Waals surface area contributed by atoms with Gasteiger partial charge in [0.1, 0.15) is 17.5 Å². The van der Waals surface area contributed by atoms with Crippen molar-refractivity contribution in [3.05, 3.63) is 95.1 Å². The van der Waals surface area contributed by atoms with Gasteiger partial charge < -0.3 is 25.4 Å². The van der Waals surface area contributed by atoms with Gasteiger partial charge in [0, 0.05) is 25.3 Å². The second kappa shape index (κ2) is 13.2. The number of ether oxygens (including phenoxy) is 2. The molecule has 0 aromatic heterocycles. The largest absolute Gasteiger partial charge is 0.497 e. The van der Waals surface area contributed by atoms with Crippen LogP contribution in [-0.4, -0.2) is 50.6 Å². The lowest BCUT2D eigenvalue weighted by Gasteiger charge is -2.37. The molecule has 0 saturated heterocycles. The first-order chi connectivity index (χ1) is 21.5. The van der Waals surface area contributed by atoms with Crippen molar-refractivity contribution < 1.29 is 23.9 Å². The lowest BCUT2D eigenvalue weighted by atomic mass is 9.85. The second-order valence-corrected chi connectivity index (χ2v) is 11.4. The molecule has 0 saturated carbocycles. The zero-order valence-corrected chi connectivity index (χ0v) is 24.9. The van der Waals surface area contributed by atoms with E-state index in [-0.39, 0.29) is 23.6 Å². The van der Waals surface area contributed by atoms with Gasteiger partial charge in [-0.15, -0.1) is 0 Å². The number of methoxy groups -OCH3 is 1. The highest BCUT2D eigenvalue weighted by Gasteiger charge is 2.39. The smallest absolute Gasteiger partial charge is 0.261 e. The zero-order chi connectivity index (χ0) is 30.5. The lowest BCUT2D eigenvalue weighted by molar-refractivity contribution is -0.123. The van der Waals surface area contributed by atoms with Crippen molar-refractivity contribution in [1.29, 1.82) is 0 Å². The number of aryl methyl sites for hydroxylation is 1. The summed E-state index contributed by atoms with van der Waals surface area (Å²) >= 11 is 0. The summed E-state index contributed by atoms with van der Waals surface area (Å²) in [6.07, 6.45) is 8.21. The summed E-state index contributed by atoms with van der Waals surface area (Å²) in [5, 5.41) is 9.30. The Morgan fingerprint density at radius 2 is 1.91 bits per heavy atom. The van der Waals surface area contributed by atoms with Crippen molar-refractivity contribution in [2.45, 2.75) is 44.7 Å². The number of carbonyl (C=O) groups excluding carboxylic acids is 3. The predicted octanol–water partition coefficient (Wildman–Crippen LogP) is 4.86. The predicted molar refractivity (Wildman–Crippen MR) is 169 cm³/mol. The minimum atomic E-state index is -0.788. The van der Waals surface area contributed by atoms with Crippen LogP contribution < -0.4 is 30.3 Å². The van der Waals surface area contributed by atoms with Crippen molar-refractivity contribution in [3.63, 3.8) is 0 Å². The van der Waals surface area contributed by atoms with E-state index in [0.717, 1.165) is 48.3 Å². The molecule has 9 heteroatoms. The standard InChI is InChI=1S/C35H38N4O5/c1-43-27-15-12-23(13-16-27)22-38-34(41)32(24-7-3-2-4-8-24)39(26-14-17-30-25(21-26)9-6-20-44-30)35(42)29-11-5-10-28-31(29)36-18-19-37-33(28)40/h2-3,5,10-17,21,24,32,36H,4,6-9,18-20,22H2,1H3,(H,37,40)(H,38,41). The van der Waals surface area contributed by atoms with Crippen LogP contribution in [0.4, 0.5) is 11.4 Å². The van der Waals surface area contributed by atoms with Crippen LogP contribution in [0.25, 0.3) is 0 Å². The van der Waals surface area contributed by atoms with Gasteiger partial charge in [-0.25, -0.2) is 0 Å². The molecule has 2 heterocycles. The van der Waals surface area contributed by atoms with Gasteiger partial charge in [0.05, 0.1) is 30.5 Å². The maximum atomic E-state index is 14.8.